The highest BCUT2D eigenvalue weighted by Gasteiger charge is 2.32. The number of hydrogen-bond donors (Lipinski definition) is 6. The van der Waals surface area contributed by atoms with E-state index in [1.165, 1.54) is 6.08 Å². The van der Waals surface area contributed by atoms with Crippen molar-refractivity contribution in [3.63, 3.8) is 0 Å². The summed E-state index contributed by atoms with van der Waals surface area (Å²) in [5.41, 5.74) is 0. The van der Waals surface area contributed by atoms with Gasteiger partial charge in [0, 0.05) is 18.7 Å². The maximum atomic E-state index is 13.3. The Morgan fingerprint density at radius 3 is 2.16 bits per heavy atom. The van der Waals surface area contributed by atoms with E-state index in [1.807, 2.05) is 27.7 Å². The van der Waals surface area contributed by atoms with Gasteiger partial charge in [0.15, 0.2) is 0 Å². The summed E-state index contributed by atoms with van der Waals surface area (Å²) in [5.74, 6) is -3.05. The fourth-order valence-corrected chi connectivity index (χ4v) is 3.61. The Bertz CT molecular complexity index is 872. The maximum absolute atomic E-state index is 13.3. The molecule has 0 aliphatic carbocycles. The molecule has 1 aliphatic rings. The predicted molar refractivity (Wildman–Crippen MR) is 140 cm³/mol. The van der Waals surface area contributed by atoms with Gasteiger partial charge in [-0.3, -0.25) is 14.4 Å². The van der Waals surface area contributed by atoms with Crippen molar-refractivity contribution < 1.29 is 29.1 Å². The van der Waals surface area contributed by atoms with Crippen LogP contribution in [-0.4, -0.2) is 65.5 Å². The molecule has 0 aromatic rings. The quantitative estimate of drug-likeness (QED) is 0.238. The fourth-order valence-electron chi connectivity index (χ4n) is 3.61. The van der Waals surface area contributed by atoms with Gasteiger partial charge in [0.2, 0.25) is 17.7 Å². The third-order valence-electron chi connectivity index (χ3n) is 6.55. The van der Waals surface area contributed by atoms with Gasteiger partial charge in [-0.05, 0) is 24.2 Å². The Morgan fingerprint density at radius 1 is 1.00 bits per heavy atom. The first-order valence-corrected chi connectivity index (χ1v) is 12.9. The molecular formula is C26H43N5O6. The molecule has 1 heterocycles. The molecule has 0 unspecified atom stereocenters. The van der Waals surface area contributed by atoms with Crippen LogP contribution in [0.2, 0.25) is 0 Å². The Labute approximate surface area is 219 Å². The molecule has 6 atom stereocenters. The number of amides is 5. The number of carboxylic acids is 1. The molecule has 11 heteroatoms. The van der Waals surface area contributed by atoms with Crippen molar-refractivity contribution in [3.05, 3.63) is 24.3 Å². The molecule has 0 aromatic heterocycles. The van der Waals surface area contributed by atoms with Crippen LogP contribution in [0.4, 0.5) is 4.79 Å². The van der Waals surface area contributed by atoms with Crippen LogP contribution in [0.15, 0.2) is 24.3 Å². The van der Waals surface area contributed by atoms with Crippen LogP contribution in [-0.2, 0) is 19.2 Å². The second-order valence-corrected chi connectivity index (χ2v) is 9.81. The van der Waals surface area contributed by atoms with E-state index >= 15 is 0 Å². The highest BCUT2D eigenvalue weighted by molar-refractivity contribution is 5.94. The molecule has 0 aromatic carbocycles. The minimum Gasteiger partial charge on any atom is -0.480 e. The molecule has 5 amide bonds. The predicted octanol–water partition coefficient (Wildman–Crippen LogP) is 1.46. The van der Waals surface area contributed by atoms with Gasteiger partial charge in [-0.1, -0.05) is 72.6 Å². The first kappa shape index (κ1) is 31.7. The van der Waals surface area contributed by atoms with Crippen molar-refractivity contribution in [1.82, 2.24) is 26.6 Å². The van der Waals surface area contributed by atoms with Crippen LogP contribution < -0.4 is 26.6 Å². The van der Waals surface area contributed by atoms with Crippen LogP contribution >= 0.6 is 0 Å². The highest BCUT2D eigenvalue weighted by Crippen LogP contribution is 2.11. The largest absolute Gasteiger partial charge is 0.480 e. The summed E-state index contributed by atoms with van der Waals surface area (Å²) in [6.45, 7) is 11.4. The van der Waals surface area contributed by atoms with E-state index in [0.29, 0.717) is 25.8 Å². The van der Waals surface area contributed by atoms with Crippen LogP contribution in [0, 0.1) is 17.8 Å². The lowest BCUT2D eigenvalue weighted by Gasteiger charge is -2.28. The second-order valence-electron chi connectivity index (χ2n) is 9.81. The molecule has 0 fully saturated rings. The topological polar surface area (TPSA) is 166 Å². The summed E-state index contributed by atoms with van der Waals surface area (Å²) in [6, 6.07) is -4.33. The van der Waals surface area contributed by atoms with Crippen molar-refractivity contribution >= 4 is 29.7 Å². The Morgan fingerprint density at radius 2 is 1.59 bits per heavy atom. The third kappa shape index (κ3) is 10.6. The number of carbonyl (C=O) groups is 5. The minimum atomic E-state index is -1.16. The Hall–Kier alpha value is -3.37. The van der Waals surface area contributed by atoms with Gasteiger partial charge >= 0.3 is 12.0 Å². The van der Waals surface area contributed by atoms with Gasteiger partial charge in [0.05, 0.1) is 0 Å². The zero-order chi connectivity index (χ0) is 28.1. The first-order chi connectivity index (χ1) is 17.4. The molecule has 0 spiro atoms. The number of rotatable bonds is 10. The molecule has 0 saturated heterocycles. The van der Waals surface area contributed by atoms with Crippen molar-refractivity contribution in [3.8, 4) is 0 Å². The third-order valence-corrected chi connectivity index (χ3v) is 6.55. The number of urea groups is 1. The molecule has 0 saturated carbocycles. The molecule has 208 valence electrons. The van der Waals surface area contributed by atoms with Crippen LogP contribution in [0.5, 0.6) is 0 Å². The molecule has 1 aliphatic heterocycles. The first-order valence-electron chi connectivity index (χ1n) is 12.9. The van der Waals surface area contributed by atoms with E-state index < -0.39 is 48.0 Å². The van der Waals surface area contributed by atoms with Crippen molar-refractivity contribution in [2.45, 2.75) is 85.0 Å². The monoisotopic (exact) mass is 521 g/mol. The Balaban J connectivity index is 3.08. The van der Waals surface area contributed by atoms with E-state index in [2.05, 4.69) is 26.6 Å². The molecule has 0 radical (unpaired) electrons. The van der Waals surface area contributed by atoms with Crippen LogP contribution in [0.25, 0.3) is 0 Å². The standard InChI is InChI=1S/C26H43N5O6/c1-7-16(5)21(30-26(37)31-22(25(35)36)17(6)8-2)24(34)29-19-11-9-10-14-27-20(32)13-12-18(15(3)4)28-23(19)33/h9,11-13,15-19,21-22H,7-8,10,14H2,1-6H3,(H,27,32)(H,28,33)(H,29,34)(H,35,36)(H2,30,31,37)/b11-9-,13-12-/t16-,17-,18+,19-,21-,22-/m0/s1. The summed E-state index contributed by atoms with van der Waals surface area (Å²) in [7, 11) is 0. The molecule has 37 heavy (non-hydrogen) atoms. The average Bonchev–Trinajstić information content (AvgIpc) is 2.84. The van der Waals surface area contributed by atoms with Gasteiger partial charge in [0.1, 0.15) is 18.1 Å². The number of carbonyl (C=O) groups excluding carboxylic acids is 4. The van der Waals surface area contributed by atoms with Gasteiger partial charge in [-0.2, -0.15) is 0 Å². The second kappa shape index (κ2) is 15.7. The summed E-state index contributed by atoms with van der Waals surface area (Å²) in [5, 5.41) is 22.8. The van der Waals surface area contributed by atoms with Crippen LogP contribution in [0.1, 0.15) is 60.8 Å². The molecular weight excluding hydrogens is 478 g/mol. The van der Waals surface area contributed by atoms with Crippen molar-refractivity contribution in [1.29, 1.82) is 0 Å². The van der Waals surface area contributed by atoms with Gasteiger partial charge in [-0.15, -0.1) is 0 Å². The lowest BCUT2D eigenvalue weighted by molar-refractivity contribution is -0.140. The van der Waals surface area contributed by atoms with Crippen molar-refractivity contribution in [2.75, 3.05) is 6.54 Å². The Kier molecular flexibility index (Phi) is 13.4. The number of nitrogens with one attached hydrogen (secondary N) is 5. The average molecular weight is 522 g/mol. The summed E-state index contributed by atoms with van der Waals surface area (Å²) < 4.78 is 0. The summed E-state index contributed by atoms with van der Waals surface area (Å²) in [4.78, 5) is 62.5. The van der Waals surface area contributed by atoms with Crippen LogP contribution in [0.3, 0.4) is 0 Å². The number of carboxylic acid groups (broad SMARTS) is 1. The van der Waals surface area contributed by atoms with Gasteiger partial charge < -0.3 is 31.7 Å². The number of hydrogen-bond acceptors (Lipinski definition) is 5. The van der Waals surface area contributed by atoms with E-state index in [-0.39, 0.29) is 23.7 Å². The maximum Gasteiger partial charge on any atom is 0.326 e. The molecule has 0 bridgehead atoms. The zero-order valence-corrected chi connectivity index (χ0v) is 22.7. The number of aliphatic carboxylic acids is 1. The van der Waals surface area contributed by atoms with Gasteiger partial charge in [0.25, 0.3) is 0 Å². The zero-order valence-electron chi connectivity index (χ0n) is 22.7. The fraction of sp³-hybridized carbons (Fsp3) is 0.654. The normalized spacial score (nSPS) is 23.5. The van der Waals surface area contributed by atoms with Gasteiger partial charge in [-0.25, -0.2) is 9.59 Å². The summed E-state index contributed by atoms with van der Waals surface area (Å²) >= 11 is 0. The highest BCUT2D eigenvalue weighted by atomic mass is 16.4. The molecule has 6 N–H and O–H groups in total. The SMILES string of the molecule is CC[C@H](C)[C@H](NC(=O)N[C@H](C(=O)N[C@H]1/C=C\CCNC(=O)/C=C\[C@H](C(C)C)NC1=O)[C@@H](C)CC)C(=O)O. The minimum absolute atomic E-state index is 0.0119. The van der Waals surface area contributed by atoms with E-state index in [0.717, 1.165) is 0 Å². The van der Waals surface area contributed by atoms with E-state index in [1.54, 1.807) is 32.1 Å². The smallest absolute Gasteiger partial charge is 0.326 e. The molecule has 1 rings (SSSR count). The van der Waals surface area contributed by atoms with Crippen molar-refractivity contribution in [2.24, 2.45) is 17.8 Å². The van der Waals surface area contributed by atoms with E-state index in [9.17, 15) is 29.1 Å². The lowest BCUT2D eigenvalue weighted by atomic mass is 9.97. The van der Waals surface area contributed by atoms with E-state index in [4.69, 9.17) is 0 Å². The summed E-state index contributed by atoms with van der Waals surface area (Å²) in [6.07, 6.45) is 7.81. The molecule has 11 nitrogen and oxygen atoms in total. The lowest BCUT2D eigenvalue weighted by Crippen LogP contribution is -2.59.